The fourth-order valence-electron chi connectivity index (χ4n) is 1.70. The van der Waals surface area contributed by atoms with Crippen LogP contribution < -0.4 is 20.5 Å². The monoisotopic (exact) mass is 302 g/mol. The van der Waals surface area contributed by atoms with Crippen LogP contribution in [0.15, 0.2) is 40.2 Å². The molecule has 8 nitrogen and oxygen atoms in total. The summed E-state index contributed by atoms with van der Waals surface area (Å²) < 4.78 is 10.4. The highest BCUT2D eigenvalue weighted by atomic mass is 16.5. The van der Waals surface area contributed by atoms with E-state index in [0.717, 1.165) is 0 Å². The molecule has 114 valence electrons. The number of rotatable bonds is 5. The second-order valence-corrected chi connectivity index (χ2v) is 4.09. The van der Waals surface area contributed by atoms with Gasteiger partial charge in [0.1, 0.15) is 0 Å². The number of nitrogens with zero attached hydrogens (tertiary/aromatic N) is 2. The summed E-state index contributed by atoms with van der Waals surface area (Å²) in [5, 5.41) is 9.60. The van der Waals surface area contributed by atoms with Crippen molar-refractivity contribution in [3.63, 3.8) is 0 Å². The number of hydrogen-bond donors (Lipinski definition) is 2. The molecule has 0 unspecified atom stereocenters. The first-order valence-electron chi connectivity index (χ1n) is 6.26. The Balaban J connectivity index is 2.11. The van der Waals surface area contributed by atoms with Gasteiger partial charge in [-0.2, -0.15) is 10.2 Å². The van der Waals surface area contributed by atoms with Gasteiger partial charge in [0.05, 0.1) is 20.4 Å². The molecule has 0 bridgehead atoms. The summed E-state index contributed by atoms with van der Waals surface area (Å²) >= 11 is 0. The minimum Gasteiger partial charge on any atom is -0.493 e. The molecule has 22 heavy (non-hydrogen) atoms. The van der Waals surface area contributed by atoms with Crippen molar-refractivity contribution in [3.05, 3.63) is 51.9 Å². The number of benzene rings is 1. The lowest BCUT2D eigenvalue weighted by Gasteiger charge is -2.09. The molecule has 2 aromatic rings. The summed E-state index contributed by atoms with van der Waals surface area (Å²) in [5.74, 6) is 0.514. The number of nitrogens with one attached hydrogen (secondary N) is 2. The zero-order valence-electron chi connectivity index (χ0n) is 12.0. The van der Waals surface area contributed by atoms with E-state index in [9.17, 15) is 9.59 Å². The predicted molar refractivity (Wildman–Crippen MR) is 79.5 cm³/mol. The molecule has 0 spiro atoms. The van der Waals surface area contributed by atoms with E-state index in [1.165, 1.54) is 32.6 Å². The third kappa shape index (κ3) is 3.48. The van der Waals surface area contributed by atoms with Crippen LogP contribution in [0.1, 0.15) is 16.1 Å². The summed E-state index contributed by atoms with van der Waals surface area (Å²) in [5.41, 5.74) is 2.60. The molecule has 0 aliphatic heterocycles. The third-order valence-electron chi connectivity index (χ3n) is 2.71. The molecule has 0 atom stereocenters. The SMILES string of the molecule is COc1cccc(/C=N\NC(=O)c2ccc(=O)[nH]n2)c1OC. The van der Waals surface area contributed by atoms with Crippen LogP contribution in [-0.2, 0) is 0 Å². The van der Waals surface area contributed by atoms with Crippen LogP contribution in [0.25, 0.3) is 0 Å². The maximum Gasteiger partial charge on any atom is 0.291 e. The first-order valence-corrected chi connectivity index (χ1v) is 6.26. The largest absolute Gasteiger partial charge is 0.493 e. The van der Waals surface area contributed by atoms with Crippen LogP contribution >= 0.6 is 0 Å². The average molecular weight is 302 g/mol. The summed E-state index contributed by atoms with van der Waals surface area (Å²) in [6.45, 7) is 0. The number of methoxy groups -OCH3 is 2. The summed E-state index contributed by atoms with van der Waals surface area (Å²) in [6.07, 6.45) is 1.42. The number of amides is 1. The topological polar surface area (TPSA) is 106 Å². The maximum absolute atomic E-state index is 11.8. The van der Waals surface area contributed by atoms with Crippen molar-refractivity contribution in [1.82, 2.24) is 15.6 Å². The van der Waals surface area contributed by atoms with Gasteiger partial charge in [-0.1, -0.05) is 6.07 Å². The van der Waals surface area contributed by atoms with Crippen molar-refractivity contribution in [2.45, 2.75) is 0 Å². The van der Waals surface area contributed by atoms with E-state index in [1.54, 1.807) is 18.2 Å². The van der Waals surface area contributed by atoms with Gasteiger partial charge in [0.25, 0.3) is 11.5 Å². The van der Waals surface area contributed by atoms with Crippen LogP contribution in [0.3, 0.4) is 0 Å². The lowest BCUT2D eigenvalue weighted by Crippen LogP contribution is -2.21. The van der Waals surface area contributed by atoms with E-state index < -0.39 is 5.91 Å². The van der Waals surface area contributed by atoms with Crippen molar-refractivity contribution in [2.24, 2.45) is 5.10 Å². The molecule has 0 fully saturated rings. The van der Waals surface area contributed by atoms with Crippen LogP contribution in [-0.4, -0.2) is 36.5 Å². The Bertz CT molecular complexity index is 734. The first kappa shape index (κ1) is 15.2. The molecule has 0 aliphatic rings. The van der Waals surface area contributed by atoms with Gasteiger partial charge < -0.3 is 9.47 Å². The number of aromatic amines is 1. The highest BCUT2D eigenvalue weighted by Crippen LogP contribution is 2.29. The normalized spacial score (nSPS) is 10.5. The number of carbonyl (C=O) groups excluding carboxylic acids is 1. The Morgan fingerprint density at radius 3 is 2.73 bits per heavy atom. The lowest BCUT2D eigenvalue weighted by molar-refractivity contribution is 0.0949. The number of hydrazone groups is 1. The number of aromatic nitrogens is 2. The Hall–Kier alpha value is -3.16. The molecule has 0 saturated heterocycles. The molecule has 0 aliphatic carbocycles. The molecule has 8 heteroatoms. The van der Waals surface area contributed by atoms with E-state index in [2.05, 4.69) is 20.7 Å². The van der Waals surface area contributed by atoms with Crippen molar-refractivity contribution in [2.75, 3.05) is 14.2 Å². The smallest absolute Gasteiger partial charge is 0.291 e. The zero-order chi connectivity index (χ0) is 15.9. The molecule has 2 rings (SSSR count). The summed E-state index contributed by atoms with van der Waals surface area (Å²) in [6, 6.07) is 7.79. The van der Waals surface area contributed by atoms with Crippen LogP contribution in [0.2, 0.25) is 0 Å². The Morgan fingerprint density at radius 2 is 2.09 bits per heavy atom. The number of carbonyl (C=O) groups is 1. The number of H-pyrrole nitrogens is 1. The van der Waals surface area contributed by atoms with E-state index in [4.69, 9.17) is 9.47 Å². The zero-order valence-corrected chi connectivity index (χ0v) is 12.0. The minimum atomic E-state index is -0.547. The quantitative estimate of drug-likeness (QED) is 0.620. The molecule has 2 N–H and O–H groups in total. The molecular weight excluding hydrogens is 288 g/mol. The van der Waals surface area contributed by atoms with Gasteiger partial charge in [-0.15, -0.1) is 0 Å². The molecule has 1 heterocycles. The van der Waals surface area contributed by atoms with Gasteiger partial charge in [-0.3, -0.25) is 9.59 Å². The molecule has 0 saturated carbocycles. The highest BCUT2D eigenvalue weighted by Gasteiger charge is 2.08. The fraction of sp³-hybridized carbons (Fsp3) is 0.143. The molecule has 0 radical (unpaired) electrons. The first-order chi connectivity index (χ1) is 10.7. The van der Waals surface area contributed by atoms with Crippen LogP contribution in [0, 0.1) is 0 Å². The fourth-order valence-corrected chi connectivity index (χ4v) is 1.70. The van der Waals surface area contributed by atoms with Gasteiger partial charge >= 0.3 is 0 Å². The standard InChI is InChI=1S/C14H14N4O4/c1-21-11-5-3-4-9(13(11)22-2)8-15-18-14(20)10-6-7-12(19)17-16-10/h3-8H,1-2H3,(H,17,19)(H,18,20)/b15-8-. The molecule has 1 aromatic carbocycles. The van der Waals surface area contributed by atoms with Crippen molar-refractivity contribution in [1.29, 1.82) is 0 Å². The maximum atomic E-state index is 11.8. The van der Waals surface area contributed by atoms with Crippen molar-refractivity contribution < 1.29 is 14.3 Å². The van der Waals surface area contributed by atoms with E-state index in [-0.39, 0.29) is 11.3 Å². The Kier molecular flexibility index (Phi) is 4.86. The summed E-state index contributed by atoms with van der Waals surface area (Å²) in [4.78, 5) is 22.6. The van der Waals surface area contributed by atoms with E-state index in [1.807, 2.05) is 0 Å². The van der Waals surface area contributed by atoms with Gasteiger partial charge in [-0.25, -0.2) is 10.5 Å². The predicted octanol–water partition coefficient (Wildman–Crippen LogP) is 0.551. The number of para-hydroxylation sites is 1. The Morgan fingerprint density at radius 1 is 1.27 bits per heavy atom. The van der Waals surface area contributed by atoms with Gasteiger partial charge in [0.15, 0.2) is 17.2 Å². The Labute approximate surface area is 125 Å². The second kappa shape index (κ2) is 7.02. The van der Waals surface area contributed by atoms with Crippen LogP contribution in [0.5, 0.6) is 11.5 Å². The van der Waals surface area contributed by atoms with Gasteiger partial charge in [0, 0.05) is 11.6 Å². The summed E-state index contributed by atoms with van der Waals surface area (Å²) in [7, 11) is 3.04. The number of hydrogen-bond acceptors (Lipinski definition) is 6. The minimum absolute atomic E-state index is 0.0503. The van der Waals surface area contributed by atoms with Crippen molar-refractivity contribution >= 4 is 12.1 Å². The molecule has 1 aromatic heterocycles. The average Bonchev–Trinajstić information content (AvgIpc) is 2.55. The number of ether oxygens (including phenoxy) is 2. The van der Waals surface area contributed by atoms with E-state index in [0.29, 0.717) is 17.1 Å². The van der Waals surface area contributed by atoms with Gasteiger partial charge in [-0.05, 0) is 18.2 Å². The van der Waals surface area contributed by atoms with E-state index >= 15 is 0 Å². The van der Waals surface area contributed by atoms with Crippen LogP contribution in [0.4, 0.5) is 0 Å². The third-order valence-corrected chi connectivity index (χ3v) is 2.71. The second-order valence-electron chi connectivity index (χ2n) is 4.09. The lowest BCUT2D eigenvalue weighted by atomic mass is 10.2. The highest BCUT2D eigenvalue weighted by molar-refractivity contribution is 5.93. The van der Waals surface area contributed by atoms with Gasteiger partial charge in [0.2, 0.25) is 0 Å². The molecular formula is C14H14N4O4. The molecule has 1 amide bonds. The van der Waals surface area contributed by atoms with Crippen molar-refractivity contribution in [3.8, 4) is 11.5 Å².